The Morgan fingerprint density at radius 3 is 2.42 bits per heavy atom. The fraction of sp³-hybridized carbons (Fsp3) is 0.276. The molecule has 2 aromatic carbocycles. The Morgan fingerprint density at radius 2 is 1.64 bits per heavy atom. The van der Waals surface area contributed by atoms with Gasteiger partial charge in [-0.3, -0.25) is 4.98 Å². The van der Waals surface area contributed by atoms with Crippen LogP contribution in [0.5, 0.6) is 0 Å². The molecule has 0 spiro atoms. The van der Waals surface area contributed by atoms with E-state index in [-0.39, 0.29) is 5.41 Å². The zero-order chi connectivity index (χ0) is 23.2. The average Bonchev–Trinajstić information content (AvgIpc) is 3.26. The second-order valence-corrected chi connectivity index (χ2v) is 11.1. The van der Waals surface area contributed by atoms with Gasteiger partial charge in [0, 0.05) is 15.6 Å². The molecule has 0 aliphatic rings. The van der Waals surface area contributed by atoms with Crippen molar-refractivity contribution in [2.45, 2.75) is 46.5 Å². The summed E-state index contributed by atoms with van der Waals surface area (Å²) in [6, 6.07) is 19.5. The van der Waals surface area contributed by atoms with E-state index in [0.717, 1.165) is 34.8 Å². The van der Waals surface area contributed by atoms with Crippen LogP contribution in [0.1, 0.15) is 45.9 Å². The first-order valence-electron chi connectivity index (χ1n) is 11.5. The molecule has 0 amide bonds. The number of hydrogen-bond donors (Lipinski definition) is 0. The Bertz CT molecular complexity index is 1460. The van der Waals surface area contributed by atoms with Gasteiger partial charge < -0.3 is 0 Å². The molecule has 0 bridgehead atoms. The molecule has 0 atom stereocenters. The molecule has 0 saturated carbocycles. The van der Waals surface area contributed by atoms with Gasteiger partial charge in [0.2, 0.25) is 0 Å². The predicted molar refractivity (Wildman–Crippen MR) is 141 cm³/mol. The van der Waals surface area contributed by atoms with Gasteiger partial charge in [0.15, 0.2) is 0 Å². The van der Waals surface area contributed by atoms with Gasteiger partial charge in [-0.1, -0.05) is 58.9 Å². The van der Waals surface area contributed by atoms with E-state index >= 15 is 0 Å². The van der Waals surface area contributed by atoms with E-state index in [1.807, 2.05) is 0 Å². The number of benzene rings is 2. The summed E-state index contributed by atoms with van der Waals surface area (Å²) in [6.07, 6.45) is 2.62. The highest BCUT2D eigenvalue weighted by Crippen LogP contribution is 2.35. The summed E-state index contributed by atoms with van der Waals surface area (Å²) >= 11 is 1.76. The molecule has 0 saturated heterocycles. The molecular weight excluding hydrogens is 422 g/mol. The summed E-state index contributed by atoms with van der Waals surface area (Å²) in [5, 5.41) is 5.94. The topological polar surface area (TPSA) is 38.7 Å². The smallest absolute Gasteiger partial charge is 0.116 e. The van der Waals surface area contributed by atoms with Gasteiger partial charge in [-0.05, 0) is 69.8 Å². The van der Waals surface area contributed by atoms with Gasteiger partial charge >= 0.3 is 0 Å². The van der Waals surface area contributed by atoms with Crippen molar-refractivity contribution in [2.24, 2.45) is 5.92 Å². The van der Waals surface area contributed by atoms with Crippen LogP contribution in [0.15, 0.2) is 66.3 Å². The molecule has 0 aliphatic carbocycles. The summed E-state index contributed by atoms with van der Waals surface area (Å²) in [7, 11) is 0. The molecular formula is C29H29N3S. The summed E-state index contributed by atoms with van der Waals surface area (Å²) < 4.78 is 1.26. The molecule has 0 unspecified atom stereocenters. The van der Waals surface area contributed by atoms with Gasteiger partial charge in [-0.2, -0.15) is 0 Å². The van der Waals surface area contributed by atoms with Crippen LogP contribution < -0.4 is 0 Å². The lowest BCUT2D eigenvalue weighted by molar-refractivity contribution is 0.596. The Labute approximate surface area is 199 Å². The van der Waals surface area contributed by atoms with Crippen molar-refractivity contribution < 1.29 is 0 Å². The number of nitrogens with zero attached hydrogens (tertiary/aromatic N) is 3. The number of rotatable bonds is 4. The van der Waals surface area contributed by atoms with E-state index in [4.69, 9.17) is 4.98 Å². The quantitative estimate of drug-likeness (QED) is 0.277. The van der Waals surface area contributed by atoms with Gasteiger partial charge in [0.05, 0.1) is 22.8 Å². The molecule has 0 N–H and O–H groups in total. The van der Waals surface area contributed by atoms with Gasteiger partial charge in [-0.25, -0.2) is 9.97 Å². The standard InChI is InChI=1S/C29H29N3S/c1-18(2)12-25-22-10-11-33-28(22)16-27(32-25)26-15-24(30-17-31-26)20-13-19-8-6-7-9-21(19)23(14-20)29(3,4)5/h6-11,13-18H,12H2,1-5H3. The van der Waals surface area contributed by atoms with Crippen LogP contribution in [0.25, 0.3) is 43.5 Å². The van der Waals surface area contributed by atoms with E-state index in [9.17, 15) is 0 Å². The van der Waals surface area contributed by atoms with Crippen LogP contribution in [0.4, 0.5) is 0 Å². The fourth-order valence-corrected chi connectivity index (χ4v) is 5.28. The molecule has 0 fully saturated rings. The second kappa shape index (κ2) is 8.35. The Kier molecular flexibility index (Phi) is 5.49. The first-order valence-corrected chi connectivity index (χ1v) is 12.4. The third-order valence-electron chi connectivity index (χ3n) is 6.03. The highest BCUT2D eigenvalue weighted by Gasteiger charge is 2.19. The first-order chi connectivity index (χ1) is 15.8. The van der Waals surface area contributed by atoms with Crippen molar-refractivity contribution in [2.75, 3.05) is 0 Å². The van der Waals surface area contributed by atoms with Gasteiger partial charge in [0.1, 0.15) is 6.33 Å². The van der Waals surface area contributed by atoms with Crippen molar-refractivity contribution in [3.63, 3.8) is 0 Å². The molecule has 5 aromatic rings. The second-order valence-electron chi connectivity index (χ2n) is 10.2. The Balaban J connectivity index is 1.65. The molecule has 3 nitrogen and oxygen atoms in total. The lowest BCUT2D eigenvalue weighted by Gasteiger charge is -2.22. The molecule has 3 aromatic heterocycles. The van der Waals surface area contributed by atoms with Crippen LogP contribution in [0, 0.1) is 5.92 Å². The molecule has 0 aliphatic heterocycles. The lowest BCUT2D eigenvalue weighted by atomic mass is 9.82. The highest BCUT2D eigenvalue weighted by atomic mass is 32.1. The van der Waals surface area contributed by atoms with Crippen molar-refractivity contribution in [1.29, 1.82) is 0 Å². The summed E-state index contributed by atoms with van der Waals surface area (Å²) in [6.45, 7) is 11.3. The Morgan fingerprint density at radius 1 is 0.848 bits per heavy atom. The van der Waals surface area contributed by atoms with Gasteiger partial charge in [-0.15, -0.1) is 11.3 Å². The molecule has 33 heavy (non-hydrogen) atoms. The van der Waals surface area contributed by atoms with E-state index in [1.54, 1.807) is 17.7 Å². The van der Waals surface area contributed by atoms with Crippen molar-refractivity contribution in [3.8, 4) is 22.6 Å². The first kappa shape index (κ1) is 21.7. The summed E-state index contributed by atoms with van der Waals surface area (Å²) in [4.78, 5) is 14.3. The number of hydrogen-bond acceptors (Lipinski definition) is 4. The number of thiophene rings is 1. The highest BCUT2D eigenvalue weighted by molar-refractivity contribution is 7.17. The third-order valence-corrected chi connectivity index (χ3v) is 6.89. The fourth-order valence-electron chi connectivity index (χ4n) is 4.44. The van der Waals surface area contributed by atoms with Crippen LogP contribution >= 0.6 is 11.3 Å². The minimum Gasteiger partial charge on any atom is -0.250 e. The van der Waals surface area contributed by atoms with E-state index < -0.39 is 0 Å². The number of aromatic nitrogens is 3. The van der Waals surface area contributed by atoms with E-state index in [2.05, 4.69) is 105 Å². The maximum absolute atomic E-state index is 5.04. The van der Waals surface area contributed by atoms with Crippen LogP contribution in [-0.4, -0.2) is 15.0 Å². The maximum atomic E-state index is 5.04. The molecule has 166 valence electrons. The minimum absolute atomic E-state index is 0.0307. The van der Waals surface area contributed by atoms with Crippen LogP contribution in [-0.2, 0) is 11.8 Å². The zero-order valence-electron chi connectivity index (χ0n) is 19.9. The number of pyridine rings is 1. The maximum Gasteiger partial charge on any atom is 0.116 e. The zero-order valence-corrected chi connectivity index (χ0v) is 20.7. The molecule has 0 radical (unpaired) electrons. The largest absolute Gasteiger partial charge is 0.250 e. The van der Waals surface area contributed by atoms with Crippen molar-refractivity contribution in [1.82, 2.24) is 15.0 Å². The SMILES string of the molecule is CC(C)Cc1nc(-c2cc(-c3cc(C(C)(C)C)c4ccccc4c3)ncn2)cc2sccc12. The third kappa shape index (κ3) is 4.28. The molecule has 5 rings (SSSR count). The molecule has 3 heterocycles. The average molecular weight is 452 g/mol. The monoisotopic (exact) mass is 451 g/mol. The van der Waals surface area contributed by atoms with Crippen molar-refractivity contribution >= 4 is 32.2 Å². The number of fused-ring (bicyclic) bond motifs is 2. The van der Waals surface area contributed by atoms with Gasteiger partial charge in [0.25, 0.3) is 0 Å². The minimum atomic E-state index is 0.0307. The summed E-state index contributed by atoms with van der Waals surface area (Å²) in [5.74, 6) is 0.547. The molecule has 4 heteroatoms. The lowest BCUT2D eigenvalue weighted by Crippen LogP contribution is -2.12. The van der Waals surface area contributed by atoms with Crippen molar-refractivity contribution in [3.05, 3.63) is 77.6 Å². The normalized spacial score (nSPS) is 12.2. The van der Waals surface area contributed by atoms with Crippen LogP contribution in [0.2, 0.25) is 0 Å². The summed E-state index contributed by atoms with van der Waals surface area (Å²) in [5.41, 5.74) is 6.33. The van der Waals surface area contributed by atoms with E-state index in [1.165, 1.54) is 26.4 Å². The predicted octanol–water partition coefficient (Wildman–Crippen LogP) is 8.07. The Hall–Kier alpha value is -3.11. The van der Waals surface area contributed by atoms with E-state index in [0.29, 0.717) is 5.92 Å². The van der Waals surface area contributed by atoms with Crippen LogP contribution in [0.3, 0.4) is 0 Å².